The first-order valence-electron chi connectivity index (χ1n) is 12.4. The number of hydrogen-bond acceptors (Lipinski definition) is 4. The van der Waals surface area contributed by atoms with Crippen molar-refractivity contribution in [3.63, 3.8) is 0 Å². The van der Waals surface area contributed by atoms with Crippen molar-refractivity contribution in [1.82, 2.24) is 4.72 Å². The molecule has 5 nitrogen and oxygen atoms in total. The molecule has 2 fully saturated rings. The number of allylic oxidation sites excluding steroid dienone is 2. The normalized spacial score (nSPS) is 25.4. The molecule has 0 saturated heterocycles. The van der Waals surface area contributed by atoms with Gasteiger partial charge in [-0.05, 0) is 91.9 Å². The van der Waals surface area contributed by atoms with E-state index in [1.165, 1.54) is 6.42 Å². The monoisotopic (exact) mass is 523 g/mol. The number of unbranched alkanes of at least 4 members (excludes halogenated alkanes) is 1. The van der Waals surface area contributed by atoms with Crippen LogP contribution < -0.4 is 39.2 Å². The molecule has 0 aliphatic heterocycles. The second kappa shape index (κ2) is 12.7. The van der Waals surface area contributed by atoms with E-state index in [0.717, 1.165) is 36.8 Å². The van der Waals surface area contributed by atoms with Crippen LogP contribution >= 0.6 is 7.37 Å². The maximum Gasteiger partial charge on any atom is 1.00 e. The fraction of sp³-hybridized carbons (Fsp3) is 0.481. The molecule has 1 N–H and O–H groups in total. The van der Waals surface area contributed by atoms with Gasteiger partial charge in [-0.3, -0.25) is 0 Å². The van der Waals surface area contributed by atoms with E-state index < -0.39 is 17.4 Å². The van der Waals surface area contributed by atoms with Gasteiger partial charge < -0.3 is 9.46 Å². The molecule has 0 spiro atoms. The minimum atomic E-state index is -3.60. The Balaban J connectivity index is 0.00000342. The number of benzene rings is 2. The van der Waals surface area contributed by atoms with E-state index in [2.05, 4.69) is 16.9 Å². The molecule has 5 atom stereocenters. The molecule has 0 heterocycles. The van der Waals surface area contributed by atoms with Gasteiger partial charge in [0.25, 0.3) is 0 Å². The van der Waals surface area contributed by atoms with E-state index in [4.69, 9.17) is 0 Å². The second-order valence-electron chi connectivity index (χ2n) is 9.74. The van der Waals surface area contributed by atoms with Gasteiger partial charge in [-0.25, -0.2) is 13.1 Å². The molecule has 35 heavy (non-hydrogen) atoms. The fourth-order valence-electron chi connectivity index (χ4n) is 5.62. The summed E-state index contributed by atoms with van der Waals surface area (Å²) in [6, 6.07) is 17.0. The summed E-state index contributed by atoms with van der Waals surface area (Å²) in [7, 11) is -6.79. The van der Waals surface area contributed by atoms with E-state index in [0.29, 0.717) is 29.1 Å². The van der Waals surface area contributed by atoms with Crippen molar-refractivity contribution < 1.29 is 47.4 Å². The smallest absolute Gasteiger partial charge is 0.799 e. The number of rotatable bonds is 11. The van der Waals surface area contributed by atoms with Gasteiger partial charge in [0, 0.05) is 13.4 Å². The molecule has 2 aliphatic carbocycles. The van der Waals surface area contributed by atoms with E-state index in [1.54, 1.807) is 19.1 Å². The van der Waals surface area contributed by atoms with Gasteiger partial charge in [0.2, 0.25) is 10.0 Å². The van der Waals surface area contributed by atoms with Crippen molar-refractivity contribution in [2.75, 3.05) is 12.3 Å². The average molecular weight is 524 g/mol. The van der Waals surface area contributed by atoms with Crippen LogP contribution in [0.3, 0.4) is 0 Å². The molecule has 2 aromatic carbocycles. The Kier molecular flexibility index (Phi) is 10.5. The molecule has 4 rings (SSSR count). The van der Waals surface area contributed by atoms with Crippen molar-refractivity contribution in [2.24, 2.45) is 17.8 Å². The molecule has 2 bridgehead atoms. The minimum absolute atomic E-state index is 0. The topological polar surface area (TPSA) is 86.3 Å². The zero-order valence-corrected chi connectivity index (χ0v) is 24.5. The van der Waals surface area contributed by atoms with Crippen LogP contribution in [0.5, 0.6) is 0 Å². The number of sulfonamides is 1. The maximum atomic E-state index is 13.2. The Labute approximate surface area is 232 Å². The Hall–Kier alpha value is -0.720. The van der Waals surface area contributed by atoms with Crippen molar-refractivity contribution in [1.29, 1.82) is 0 Å². The van der Waals surface area contributed by atoms with Crippen molar-refractivity contribution >= 4 is 17.4 Å². The fourth-order valence-corrected chi connectivity index (χ4v) is 7.95. The zero-order chi connectivity index (χ0) is 24.2. The van der Waals surface area contributed by atoms with E-state index >= 15 is 0 Å². The molecule has 2 saturated carbocycles. The standard InChI is InChI=1S/C27H36NO4PS.Na/c1-2-33(29,30)19-9-4-3-8-12-26-23-13-14-24(20-23)27(26)28-34(31,32)25-17-15-22(16-18-25)21-10-6-5-7-11-21;/h3,5-8,10-11,15-18,23-24,26-28H,2,4,9,12-14,19-20H2,1H3,(H,29,30);/q;+1/p-1/b8-3-;/t23?,24-,26?,27?;/m0./s1. The van der Waals surface area contributed by atoms with Crippen LogP contribution in [0.25, 0.3) is 11.1 Å². The van der Waals surface area contributed by atoms with Crippen LogP contribution in [0.4, 0.5) is 0 Å². The summed E-state index contributed by atoms with van der Waals surface area (Å²) < 4.78 is 41.1. The predicted octanol–water partition coefficient (Wildman–Crippen LogP) is 2.44. The van der Waals surface area contributed by atoms with E-state index in [9.17, 15) is 17.9 Å². The third-order valence-electron chi connectivity index (χ3n) is 7.58. The number of hydrogen-bond donors (Lipinski definition) is 1. The van der Waals surface area contributed by atoms with Gasteiger partial charge in [0.15, 0.2) is 0 Å². The van der Waals surface area contributed by atoms with Gasteiger partial charge in [-0.2, -0.15) is 0 Å². The minimum Gasteiger partial charge on any atom is -0.799 e. The van der Waals surface area contributed by atoms with Gasteiger partial charge >= 0.3 is 29.6 Å². The van der Waals surface area contributed by atoms with Gasteiger partial charge in [0.1, 0.15) is 0 Å². The summed E-state index contributed by atoms with van der Waals surface area (Å²) in [6.45, 7) is 1.69. The average Bonchev–Trinajstić information content (AvgIpc) is 3.44. The summed E-state index contributed by atoms with van der Waals surface area (Å²) in [6.07, 6.45) is 10.3. The molecule has 4 unspecified atom stereocenters. The molecule has 8 heteroatoms. The van der Waals surface area contributed by atoms with Crippen LogP contribution in [0, 0.1) is 17.8 Å². The Morgan fingerprint density at radius 1 is 1.00 bits per heavy atom. The second-order valence-corrected chi connectivity index (χ2v) is 14.2. The third kappa shape index (κ3) is 7.41. The summed E-state index contributed by atoms with van der Waals surface area (Å²) >= 11 is 0. The molecule has 0 amide bonds. The summed E-state index contributed by atoms with van der Waals surface area (Å²) in [5.74, 6) is 1.26. The van der Waals surface area contributed by atoms with Crippen molar-refractivity contribution in [3.05, 3.63) is 66.7 Å². The van der Waals surface area contributed by atoms with Crippen LogP contribution in [-0.4, -0.2) is 26.8 Å². The van der Waals surface area contributed by atoms with Crippen molar-refractivity contribution in [2.45, 2.75) is 56.4 Å². The van der Waals surface area contributed by atoms with E-state index in [-0.39, 0.29) is 47.9 Å². The SMILES string of the molecule is CCP(=O)([O-])CCC/C=C\CC1C2CC[C@@H](C2)C1NS(=O)(=O)c1ccc(-c2ccccc2)cc1.[Na+]. The summed E-state index contributed by atoms with van der Waals surface area (Å²) in [5.41, 5.74) is 2.06. The van der Waals surface area contributed by atoms with Crippen LogP contribution in [0.15, 0.2) is 71.6 Å². The Morgan fingerprint density at radius 3 is 2.34 bits per heavy atom. The largest absolute Gasteiger partial charge is 1.00 e. The molecular formula is C27H35NNaO4PS. The predicted molar refractivity (Wildman–Crippen MR) is 136 cm³/mol. The Morgan fingerprint density at radius 2 is 1.66 bits per heavy atom. The zero-order valence-electron chi connectivity index (χ0n) is 20.8. The van der Waals surface area contributed by atoms with Crippen LogP contribution in [0.2, 0.25) is 0 Å². The number of nitrogens with one attached hydrogen (secondary N) is 1. The molecule has 0 aromatic heterocycles. The third-order valence-corrected chi connectivity index (χ3v) is 11.0. The molecule has 2 aliphatic rings. The van der Waals surface area contributed by atoms with E-state index in [1.807, 2.05) is 42.5 Å². The van der Waals surface area contributed by atoms with Gasteiger partial charge in [-0.15, -0.1) is 0 Å². The first-order valence-corrected chi connectivity index (χ1v) is 15.9. The maximum absolute atomic E-state index is 13.2. The van der Waals surface area contributed by atoms with Gasteiger partial charge in [-0.1, -0.05) is 61.5 Å². The number of fused-ring (bicyclic) bond motifs is 2. The summed E-state index contributed by atoms with van der Waals surface area (Å²) in [5, 5.41) is 0. The van der Waals surface area contributed by atoms with Crippen molar-refractivity contribution in [3.8, 4) is 11.1 Å². The first-order chi connectivity index (χ1) is 16.3. The Bertz CT molecular complexity index is 1140. The molecule has 0 radical (unpaired) electrons. The van der Waals surface area contributed by atoms with Gasteiger partial charge in [0.05, 0.1) is 4.90 Å². The first kappa shape index (κ1) is 28.8. The molecule has 184 valence electrons. The quantitative estimate of drug-likeness (QED) is 0.212. The van der Waals surface area contributed by atoms with Crippen LogP contribution in [-0.2, 0) is 14.6 Å². The van der Waals surface area contributed by atoms with Crippen LogP contribution in [0.1, 0.15) is 45.4 Å². The summed E-state index contributed by atoms with van der Waals surface area (Å²) in [4.78, 5) is 12.0. The molecule has 2 aromatic rings. The molecular weight excluding hydrogens is 488 g/mol.